The summed E-state index contributed by atoms with van der Waals surface area (Å²) in [7, 11) is 0. The molecule has 13 aromatic rings. The van der Waals surface area contributed by atoms with Gasteiger partial charge in [-0.05, 0) is 101 Å². The Morgan fingerprint density at radius 1 is 0.369 bits per heavy atom. The molecule has 0 bridgehead atoms. The first kappa shape index (κ1) is 35.8. The summed E-state index contributed by atoms with van der Waals surface area (Å²) in [5.74, 6) is 1.61. The Morgan fingerprint density at radius 3 is 1.55 bits per heavy atom. The SMILES string of the molecule is C1=Cc2ccc(N(c3ccc4ccc5c(N(c6ccc7ccccc7n6)c6cccc7c6oc6ccccc67)ccc6ccc3c4c65)c3cccc4c3oc3ccccc34)nc2C=CC1. The van der Waals surface area contributed by atoms with Crippen LogP contribution in [0, 0.1) is 0 Å². The van der Waals surface area contributed by atoms with Gasteiger partial charge in [0, 0.05) is 43.3 Å². The van der Waals surface area contributed by atoms with Crippen LogP contribution in [0.15, 0.2) is 203 Å². The molecule has 4 aromatic heterocycles. The fourth-order valence-electron chi connectivity index (χ4n) is 10.2. The predicted octanol–water partition coefficient (Wildman–Crippen LogP) is 16.7. The lowest BCUT2D eigenvalue weighted by molar-refractivity contribution is 0.668. The second-order valence-corrected chi connectivity index (χ2v) is 16.8. The highest BCUT2D eigenvalue weighted by Gasteiger charge is 2.27. The van der Waals surface area contributed by atoms with Crippen LogP contribution >= 0.6 is 0 Å². The van der Waals surface area contributed by atoms with Crippen LogP contribution in [0.5, 0.6) is 0 Å². The molecular weight excluding hydrogens is 797 g/mol. The van der Waals surface area contributed by atoms with Gasteiger partial charge in [-0.15, -0.1) is 0 Å². The molecule has 1 aliphatic carbocycles. The molecule has 0 spiro atoms. The first-order valence-electron chi connectivity index (χ1n) is 22.0. The van der Waals surface area contributed by atoms with Crippen molar-refractivity contribution in [2.24, 2.45) is 0 Å². The van der Waals surface area contributed by atoms with Crippen LogP contribution in [0.25, 0.3) is 99.2 Å². The van der Waals surface area contributed by atoms with Crippen LogP contribution in [0.2, 0.25) is 0 Å². The molecule has 0 saturated carbocycles. The van der Waals surface area contributed by atoms with Crippen molar-refractivity contribution in [2.45, 2.75) is 6.42 Å². The molecular formula is C59H36N4O2. The van der Waals surface area contributed by atoms with E-state index in [1.54, 1.807) is 0 Å². The summed E-state index contributed by atoms with van der Waals surface area (Å²) in [6.45, 7) is 0. The molecule has 65 heavy (non-hydrogen) atoms. The Kier molecular flexibility index (Phi) is 7.65. The number of hydrogen-bond acceptors (Lipinski definition) is 6. The maximum atomic E-state index is 6.75. The third-order valence-corrected chi connectivity index (χ3v) is 13.2. The number of hydrogen-bond donors (Lipinski definition) is 0. The Hall–Kier alpha value is -8.74. The third-order valence-electron chi connectivity index (χ3n) is 13.2. The van der Waals surface area contributed by atoms with Gasteiger partial charge in [-0.1, -0.05) is 133 Å². The van der Waals surface area contributed by atoms with E-state index < -0.39 is 0 Å². The lowest BCUT2D eigenvalue weighted by Gasteiger charge is -2.28. The molecule has 6 heteroatoms. The minimum absolute atomic E-state index is 0.802. The smallest absolute Gasteiger partial charge is 0.159 e. The Bertz CT molecular complexity index is 4140. The summed E-state index contributed by atoms with van der Waals surface area (Å²) >= 11 is 0. The van der Waals surface area contributed by atoms with Gasteiger partial charge in [-0.3, -0.25) is 9.80 Å². The summed E-state index contributed by atoms with van der Waals surface area (Å²) in [5, 5.41) is 12.2. The van der Waals surface area contributed by atoms with Crippen molar-refractivity contribution in [3.63, 3.8) is 0 Å². The van der Waals surface area contributed by atoms with Gasteiger partial charge in [0.1, 0.15) is 22.8 Å². The quantitative estimate of drug-likeness (QED) is 0.156. The maximum Gasteiger partial charge on any atom is 0.159 e. The fraction of sp³-hybridized carbons (Fsp3) is 0.0169. The van der Waals surface area contributed by atoms with Crippen molar-refractivity contribution < 1.29 is 8.83 Å². The van der Waals surface area contributed by atoms with Crippen molar-refractivity contribution in [1.82, 2.24) is 9.97 Å². The van der Waals surface area contributed by atoms with Crippen LogP contribution in [0.1, 0.15) is 17.7 Å². The van der Waals surface area contributed by atoms with E-state index in [1.165, 1.54) is 10.8 Å². The molecule has 304 valence electrons. The van der Waals surface area contributed by atoms with Gasteiger partial charge in [-0.25, -0.2) is 9.97 Å². The molecule has 0 aliphatic heterocycles. The van der Waals surface area contributed by atoms with Crippen LogP contribution < -0.4 is 9.80 Å². The molecule has 0 saturated heterocycles. The number of allylic oxidation sites excluding steroid dienone is 2. The number of aromatic nitrogens is 2. The normalized spacial score (nSPS) is 12.7. The van der Waals surface area contributed by atoms with E-state index >= 15 is 0 Å². The van der Waals surface area contributed by atoms with E-state index in [9.17, 15) is 0 Å². The number of benzene rings is 9. The summed E-state index contributed by atoms with van der Waals surface area (Å²) in [6.07, 6.45) is 9.51. The van der Waals surface area contributed by atoms with Crippen LogP contribution in [0.3, 0.4) is 0 Å². The van der Waals surface area contributed by atoms with Gasteiger partial charge < -0.3 is 8.83 Å². The Balaban J connectivity index is 1.04. The van der Waals surface area contributed by atoms with E-state index in [0.717, 1.165) is 128 Å². The van der Waals surface area contributed by atoms with Gasteiger partial charge in [0.25, 0.3) is 0 Å². The lowest BCUT2D eigenvalue weighted by Crippen LogP contribution is -2.14. The van der Waals surface area contributed by atoms with Crippen LogP contribution in [-0.2, 0) is 0 Å². The number of rotatable bonds is 6. The molecule has 1 aliphatic rings. The summed E-state index contributed by atoms with van der Waals surface area (Å²) in [6, 6.07) is 64.3. The van der Waals surface area contributed by atoms with Gasteiger partial charge in [0.15, 0.2) is 11.2 Å². The third kappa shape index (κ3) is 5.41. The van der Waals surface area contributed by atoms with Crippen LogP contribution in [-0.4, -0.2) is 9.97 Å². The molecule has 6 nitrogen and oxygen atoms in total. The minimum atomic E-state index is 0.802. The lowest BCUT2D eigenvalue weighted by atomic mass is 9.92. The highest BCUT2D eigenvalue weighted by Crippen LogP contribution is 2.50. The molecule has 0 N–H and O–H groups in total. The van der Waals surface area contributed by atoms with Gasteiger partial charge in [0.2, 0.25) is 0 Å². The largest absolute Gasteiger partial charge is 0.454 e. The van der Waals surface area contributed by atoms with Crippen molar-refractivity contribution in [1.29, 1.82) is 0 Å². The number of anilines is 6. The number of furan rings is 2. The number of pyridine rings is 2. The fourth-order valence-corrected chi connectivity index (χ4v) is 10.2. The molecule has 0 unspecified atom stereocenters. The highest BCUT2D eigenvalue weighted by atomic mass is 16.3. The van der Waals surface area contributed by atoms with Gasteiger partial charge >= 0.3 is 0 Å². The molecule has 14 rings (SSSR count). The maximum absolute atomic E-state index is 6.75. The molecule has 0 radical (unpaired) electrons. The first-order chi connectivity index (χ1) is 32.2. The van der Waals surface area contributed by atoms with E-state index in [2.05, 4.69) is 186 Å². The van der Waals surface area contributed by atoms with Gasteiger partial charge in [-0.2, -0.15) is 0 Å². The first-order valence-corrected chi connectivity index (χ1v) is 22.0. The second kappa shape index (κ2) is 13.9. The Morgan fingerprint density at radius 2 is 0.892 bits per heavy atom. The summed E-state index contributed by atoms with van der Waals surface area (Å²) in [5.41, 5.74) is 10.1. The van der Waals surface area contributed by atoms with E-state index in [4.69, 9.17) is 18.8 Å². The second-order valence-electron chi connectivity index (χ2n) is 16.8. The van der Waals surface area contributed by atoms with Crippen molar-refractivity contribution in [2.75, 3.05) is 9.80 Å². The summed E-state index contributed by atoms with van der Waals surface area (Å²) < 4.78 is 13.5. The standard InChI is InChI=1S/C59H36N4O2/c1-2-12-36-28-34-54(60-46(36)18-3-1)62(50-20-10-16-42-40-14-5-8-22-52(40)64-58(42)50)48-32-26-38-25-31-45-49(33-27-39-24-30-44(48)56(38)57(39)45)63(55-35-29-37-13-4-7-19-47(37)61-55)51-21-11-17-43-41-15-6-9-23-53(41)65-59(43)51/h2-35H,1H2. The van der Waals surface area contributed by atoms with E-state index in [1.807, 2.05) is 30.3 Å². The average molecular weight is 833 g/mol. The van der Waals surface area contributed by atoms with E-state index in [-0.39, 0.29) is 0 Å². The molecule has 0 atom stereocenters. The van der Waals surface area contributed by atoms with Gasteiger partial charge in [0.05, 0.1) is 34.0 Å². The highest BCUT2D eigenvalue weighted by molar-refractivity contribution is 6.28. The molecule has 9 aromatic carbocycles. The minimum Gasteiger partial charge on any atom is -0.454 e. The van der Waals surface area contributed by atoms with Crippen LogP contribution in [0.4, 0.5) is 34.4 Å². The van der Waals surface area contributed by atoms with Crippen molar-refractivity contribution >= 4 is 134 Å². The topological polar surface area (TPSA) is 58.5 Å². The number of nitrogens with zero attached hydrogens (tertiary/aromatic N) is 4. The predicted molar refractivity (Wildman–Crippen MR) is 270 cm³/mol. The number of fused-ring (bicyclic) bond motifs is 8. The molecule has 0 fully saturated rings. The zero-order chi connectivity index (χ0) is 42.6. The van der Waals surface area contributed by atoms with Crippen molar-refractivity contribution in [3.05, 3.63) is 205 Å². The monoisotopic (exact) mass is 832 g/mol. The number of para-hydroxylation sites is 5. The van der Waals surface area contributed by atoms with E-state index in [0.29, 0.717) is 0 Å². The zero-order valence-electron chi connectivity index (χ0n) is 34.9. The Labute approximate surface area is 372 Å². The molecule has 0 amide bonds. The average Bonchev–Trinajstić information content (AvgIpc) is 3.85. The van der Waals surface area contributed by atoms with Crippen molar-refractivity contribution in [3.8, 4) is 0 Å². The summed E-state index contributed by atoms with van der Waals surface area (Å²) in [4.78, 5) is 15.3. The molecule has 4 heterocycles. The zero-order valence-corrected chi connectivity index (χ0v) is 34.9.